The largest absolute Gasteiger partial charge is 0.118 e. The summed E-state index contributed by atoms with van der Waals surface area (Å²) >= 11 is 0. The van der Waals surface area contributed by atoms with Crippen LogP contribution < -0.4 is 0 Å². The third kappa shape index (κ3) is 11.6. The lowest BCUT2D eigenvalue weighted by Gasteiger charge is -2.30. The summed E-state index contributed by atoms with van der Waals surface area (Å²) in [6, 6.07) is 0. The van der Waals surface area contributed by atoms with Gasteiger partial charge in [0.1, 0.15) is 0 Å². The zero-order chi connectivity index (χ0) is 29.0. The molecule has 228 valence electrons. The molecule has 0 nitrogen and oxygen atoms in total. The van der Waals surface area contributed by atoms with E-state index in [-0.39, 0.29) is 0 Å². The minimum Gasteiger partial charge on any atom is -0.118 e. The lowest BCUT2D eigenvalue weighted by molar-refractivity contribution is 0.272. The normalized spacial score (nSPS) is 30.4. The van der Waals surface area contributed by atoms with Gasteiger partial charge in [0.25, 0.3) is 0 Å². The Kier molecular flexibility index (Phi) is 14.8. The topological polar surface area (TPSA) is 0 Å². The third-order valence-electron chi connectivity index (χ3n) is 10.6. The third-order valence-corrected chi connectivity index (χ3v) is 12.6. The predicted octanol–water partition coefficient (Wildman–Crippen LogP) is 12.9. The molecule has 0 saturated heterocycles. The van der Waals surface area contributed by atoms with Crippen molar-refractivity contribution < 1.29 is 0 Å². The Labute approximate surface area is 253 Å². The second kappa shape index (κ2) is 17.5. The molecule has 3 aliphatic carbocycles. The first-order chi connectivity index (χ1) is 19.3. The number of rotatable bonds is 18. The van der Waals surface area contributed by atoms with Gasteiger partial charge in [-0.1, -0.05) is 103 Å². The fourth-order valence-electron chi connectivity index (χ4n) is 7.71. The Morgan fingerprint density at radius 1 is 1.05 bits per heavy atom. The second-order valence-electron chi connectivity index (χ2n) is 14.9. The highest BCUT2D eigenvalue weighted by Crippen LogP contribution is 2.59. The fourth-order valence-corrected chi connectivity index (χ4v) is 9.85. The number of hydrogen-bond donors (Lipinski definition) is 0. The fraction of sp³-hybridized carbons (Fsp3) is 0.795. The summed E-state index contributed by atoms with van der Waals surface area (Å²) in [6.45, 7) is 16.7. The van der Waals surface area contributed by atoms with E-state index in [0.717, 1.165) is 35.2 Å². The lowest BCUT2D eigenvalue weighted by Crippen LogP contribution is -2.16. The Morgan fingerprint density at radius 3 is 2.42 bits per heavy atom. The molecule has 0 aromatic rings. The standard InChI is InChI=1S/C39H67P/c1-8-12-31(6)26-37(13-9-2)36(10-3)28-35-21-19-34(20-22-35)27-33-17-15-32(16-18-33)23-25-40-38-29-39(38,7)24-11-14-30(4)5/h10,13,15,17-18,30-32,34-35,38,40H,8-9,11-12,14,16,19-29H2,1-7H3. The average molecular weight is 567 g/mol. The van der Waals surface area contributed by atoms with Crippen LogP contribution in [0.1, 0.15) is 151 Å². The molecule has 3 aliphatic rings. The summed E-state index contributed by atoms with van der Waals surface area (Å²) in [6.07, 6.45) is 36.2. The summed E-state index contributed by atoms with van der Waals surface area (Å²) in [5.41, 5.74) is 6.73. The predicted molar refractivity (Wildman–Crippen MR) is 184 cm³/mol. The van der Waals surface area contributed by atoms with Gasteiger partial charge in [0.2, 0.25) is 0 Å². The molecule has 40 heavy (non-hydrogen) atoms. The van der Waals surface area contributed by atoms with Crippen LogP contribution in [0.2, 0.25) is 0 Å². The van der Waals surface area contributed by atoms with Crippen LogP contribution in [0.5, 0.6) is 0 Å². The van der Waals surface area contributed by atoms with Gasteiger partial charge in [0.05, 0.1) is 0 Å². The van der Waals surface area contributed by atoms with Crippen molar-refractivity contribution in [2.24, 2.45) is 35.0 Å². The van der Waals surface area contributed by atoms with E-state index in [4.69, 9.17) is 0 Å². The van der Waals surface area contributed by atoms with Gasteiger partial charge >= 0.3 is 0 Å². The van der Waals surface area contributed by atoms with Gasteiger partial charge in [-0.2, -0.15) is 0 Å². The van der Waals surface area contributed by atoms with E-state index in [9.17, 15) is 0 Å². The zero-order valence-electron chi connectivity index (χ0n) is 27.9. The van der Waals surface area contributed by atoms with Crippen molar-refractivity contribution in [2.45, 2.75) is 157 Å². The number of allylic oxidation sites excluding steroid dienone is 8. The highest BCUT2D eigenvalue weighted by molar-refractivity contribution is 7.39. The van der Waals surface area contributed by atoms with Gasteiger partial charge in [-0.05, 0) is 142 Å². The van der Waals surface area contributed by atoms with Crippen LogP contribution in [0.15, 0.2) is 47.1 Å². The summed E-state index contributed by atoms with van der Waals surface area (Å²) in [5, 5.41) is 0. The molecule has 0 N–H and O–H groups in total. The van der Waals surface area contributed by atoms with Gasteiger partial charge in [-0.25, -0.2) is 0 Å². The maximum Gasteiger partial charge on any atom is -0.0177 e. The molecule has 3 rings (SSSR count). The highest BCUT2D eigenvalue weighted by Gasteiger charge is 2.48. The molecule has 0 spiro atoms. The molecule has 5 atom stereocenters. The van der Waals surface area contributed by atoms with Crippen molar-refractivity contribution in [1.29, 1.82) is 0 Å². The monoisotopic (exact) mass is 566 g/mol. The minimum absolute atomic E-state index is 0.706. The van der Waals surface area contributed by atoms with Crippen molar-refractivity contribution in [3.8, 4) is 0 Å². The summed E-state index contributed by atoms with van der Waals surface area (Å²) in [7, 11) is 1.21. The molecular formula is C39H67P. The molecule has 0 heterocycles. The van der Waals surface area contributed by atoms with Crippen LogP contribution in [-0.2, 0) is 0 Å². The average Bonchev–Trinajstić information content (AvgIpc) is 3.57. The summed E-state index contributed by atoms with van der Waals surface area (Å²) in [5.74, 6) is 4.30. The van der Waals surface area contributed by atoms with Crippen LogP contribution in [-0.4, -0.2) is 11.8 Å². The molecule has 0 radical (unpaired) electrons. The lowest BCUT2D eigenvalue weighted by atomic mass is 9.75. The Hall–Kier alpha value is -0.610. The van der Waals surface area contributed by atoms with E-state index < -0.39 is 0 Å². The van der Waals surface area contributed by atoms with E-state index in [0.29, 0.717) is 5.41 Å². The molecule has 0 aliphatic heterocycles. The molecule has 0 aromatic carbocycles. The molecule has 0 bridgehead atoms. The zero-order valence-corrected chi connectivity index (χ0v) is 28.9. The van der Waals surface area contributed by atoms with Gasteiger partial charge < -0.3 is 0 Å². The van der Waals surface area contributed by atoms with E-state index in [2.05, 4.69) is 78.8 Å². The van der Waals surface area contributed by atoms with E-state index in [1.165, 1.54) is 117 Å². The van der Waals surface area contributed by atoms with Crippen molar-refractivity contribution in [3.63, 3.8) is 0 Å². The van der Waals surface area contributed by atoms with Crippen molar-refractivity contribution in [2.75, 3.05) is 6.16 Å². The van der Waals surface area contributed by atoms with Crippen LogP contribution in [0, 0.1) is 35.0 Å². The molecular weight excluding hydrogens is 499 g/mol. The first kappa shape index (κ1) is 33.9. The summed E-state index contributed by atoms with van der Waals surface area (Å²) in [4.78, 5) is 0. The molecule has 0 amide bonds. The van der Waals surface area contributed by atoms with Gasteiger partial charge in [-0.15, -0.1) is 8.58 Å². The van der Waals surface area contributed by atoms with E-state index in [1.807, 2.05) is 0 Å². The molecule has 2 saturated carbocycles. The van der Waals surface area contributed by atoms with E-state index in [1.54, 1.807) is 16.7 Å². The van der Waals surface area contributed by atoms with Crippen molar-refractivity contribution in [3.05, 3.63) is 47.1 Å². The van der Waals surface area contributed by atoms with Crippen LogP contribution in [0.25, 0.3) is 0 Å². The van der Waals surface area contributed by atoms with Crippen molar-refractivity contribution >= 4 is 8.58 Å². The Balaban J connectivity index is 1.32. The Bertz CT molecular complexity index is 848. The first-order valence-corrected chi connectivity index (χ1v) is 19.0. The van der Waals surface area contributed by atoms with Gasteiger partial charge in [0.15, 0.2) is 0 Å². The van der Waals surface area contributed by atoms with Crippen molar-refractivity contribution in [1.82, 2.24) is 0 Å². The quantitative estimate of drug-likeness (QED) is 0.114. The van der Waals surface area contributed by atoms with Gasteiger partial charge in [0, 0.05) is 0 Å². The first-order valence-electron chi connectivity index (χ1n) is 17.7. The number of hydrogen-bond acceptors (Lipinski definition) is 0. The smallest absolute Gasteiger partial charge is 0.0177 e. The van der Waals surface area contributed by atoms with Gasteiger partial charge in [-0.3, -0.25) is 0 Å². The molecule has 2 fully saturated rings. The van der Waals surface area contributed by atoms with Crippen LogP contribution in [0.3, 0.4) is 0 Å². The summed E-state index contributed by atoms with van der Waals surface area (Å²) < 4.78 is 0. The SMILES string of the molecule is CC=C(CC1CCC(CC2=CCC(CCPC3CC3(C)CCCC(C)C)C=C2)CC1)C(=CCC)CC(C)CCC. The second-order valence-corrected chi connectivity index (χ2v) is 16.5. The molecule has 0 aromatic heterocycles. The molecule has 5 unspecified atom stereocenters. The highest BCUT2D eigenvalue weighted by atomic mass is 31.1. The van der Waals surface area contributed by atoms with E-state index >= 15 is 0 Å². The maximum absolute atomic E-state index is 2.62. The molecule has 1 heteroatoms. The maximum atomic E-state index is 2.62. The van der Waals surface area contributed by atoms with Crippen LogP contribution in [0.4, 0.5) is 0 Å². The van der Waals surface area contributed by atoms with Crippen LogP contribution >= 0.6 is 8.58 Å². The Morgan fingerprint density at radius 2 is 1.80 bits per heavy atom. The minimum atomic E-state index is 0.706.